The third-order valence-corrected chi connectivity index (χ3v) is 5.56. The largest absolute Gasteiger partial charge is 0.325 e. The second-order valence-electron chi connectivity index (χ2n) is 6.53. The third-order valence-electron chi connectivity index (χ3n) is 4.10. The first kappa shape index (κ1) is 19.7. The molecule has 0 aliphatic heterocycles. The maximum Gasteiger partial charge on any atom is 0.242 e. The van der Waals surface area contributed by atoms with Crippen LogP contribution in [-0.4, -0.2) is 35.1 Å². The Morgan fingerprint density at radius 3 is 2.29 bits per heavy atom. The van der Waals surface area contributed by atoms with Crippen LogP contribution in [-0.2, 0) is 14.8 Å². The van der Waals surface area contributed by atoms with E-state index in [0.29, 0.717) is 5.69 Å². The number of nitrogens with zero attached hydrogens (tertiary/aromatic N) is 3. The summed E-state index contributed by atoms with van der Waals surface area (Å²) in [4.78, 5) is 16.7. The second kappa shape index (κ2) is 8.32. The standard InChI is InChI=1S/C19H21N5O3S/c1-14(2)18(23-28(26,27)17-6-4-3-5-7-17)19(25)22-15-8-10-16(11-9-15)24-13-20-12-21-24/h3-14,18,23H,1-2H3,(H,22,25). The van der Waals surface area contributed by atoms with Gasteiger partial charge in [-0.2, -0.15) is 9.82 Å². The Labute approximate surface area is 163 Å². The van der Waals surface area contributed by atoms with E-state index >= 15 is 0 Å². The van der Waals surface area contributed by atoms with Crippen molar-refractivity contribution in [2.24, 2.45) is 5.92 Å². The number of sulfonamides is 1. The highest BCUT2D eigenvalue weighted by molar-refractivity contribution is 7.89. The molecule has 28 heavy (non-hydrogen) atoms. The van der Waals surface area contributed by atoms with Crippen molar-refractivity contribution in [2.75, 3.05) is 5.32 Å². The van der Waals surface area contributed by atoms with Gasteiger partial charge in [-0.1, -0.05) is 32.0 Å². The number of aromatic nitrogens is 3. The van der Waals surface area contributed by atoms with Gasteiger partial charge in [-0.15, -0.1) is 0 Å². The molecule has 0 bridgehead atoms. The molecule has 0 radical (unpaired) electrons. The Balaban J connectivity index is 1.73. The van der Waals surface area contributed by atoms with Crippen LogP contribution in [0.4, 0.5) is 5.69 Å². The number of hydrogen-bond acceptors (Lipinski definition) is 5. The number of anilines is 1. The van der Waals surface area contributed by atoms with Gasteiger partial charge in [-0.3, -0.25) is 4.79 Å². The van der Waals surface area contributed by atoms with E-state index in [1.54, 1.807) is 67.3 Å². The fourth-order valence-electron chi connectivity index (χ4n) is 2.59. The summed E-state index contributed by atoms with van der Waals surface area (Å²) in [5, 5.41) is 6.80. The van der Waals surface area contributed by atoms with Crippen LogP contribution < -0.4 is 10.0 Å². The SMILES string of the molecule is CC(C)C(NS(=O)(=O)c1ccccc1)C(=O)Nc1ccc(-n2cncn2)cc1. The molecule has 0 aliphatic rings. The van der Waals surface area contributed by atoms with Gasteiger partial charge >= 0.3 is 0 Å². The van der Waals surface area contributed by atoms with Crippen LogP contribution >= 0.6 is 0 Å². The average molecular weight is 399 g/mol. The Bertz CT molecular complexity index is 1020. The van der Waals surface area contributed by atoms with E-state index in [9.17, 15) is 13.2 Å². The first-order valence-electron chi connectivity index (χ1n) is 8.70. The fourth-order valence-corrected chi connectivity index (χ4v) is 3.95. The lowest BCUT2D eigenvalue weighted by atomic mass is 10.0. The summed E-state index contributed by atoms with van der Waals surface area (Å²) in [6.07, 6.45) is 3.00. The molecule has 1 heterocycles. The number of hydrogen-bond donors (Lipinski definition) is 2. The minimum Gasteiger partial charge on any atom is -0.325 e. The summed E-state index contributed by atoms with van der Waals surface area (Å²) in [5.41, 5.74) is 1.35. The first-order chi connectivity index (χ1) is 13.4. The summed E-state index contributed by atoms with van der Waals surface area (Å²) in [7, 11) is -3.81. The van der Waals surface area contributed by atoms with Crippen LogP contribution in [0.15, 0.2) is 72.1 Å². The van der Waals surface area contributed by atoms with E-state index in [2.05, 4.69) is 20.1 Å². The minimum atomic E-state index is -3.81. The fraction of sp³-hybridized carbons (Fsp3) is 0.211. The van der Waals surface area contributed by atoms with Gasteiger partial charge in [0.1, 0.15) is 18.7 Å². The highest BCUT2D eigenvalue weighted by Crippen LogP contribution is 2.16. The molecule has 0 aliphatic carbocycles. The molecule has 1 atom stereocenters. The lowest BCUT2D eigenvalue weighted by Crippen LogP contribution is -2.47. The van der Waals surface area contributed by atoms with Gasteiger partial charge in [0.25, 0.3) is 0 Å². The Morgan fingerprint density at radius 2 is 1.71 bits per heavy atom. The Morgan fingerprint density at radius 1 is 1.04 bits per heavy atom. The number of rotatable bonds is 7. The zero-order chi connectivity index (χ0) is 20.1. The number of amides is 1. The molecule has 0 saturated carbocycles. The quantitative estimate of drug-likeness (QED) is 0.634. The van der Waals surface area contributed by atoms with E-state index in [1.807, 2.05) is 0 Å². The molecule has 0 spiro atoms. The molecular weight excluding hydrogens is 378 g/mol. The molecule has 1 aromatic heterocycles. The normalized spacial score (nSPS) is 12.7. The summed E-state index contributed by atoms with van der Waals surface area (Å²) >= 11 is 0. The van der Waals surface area contributed by atoms with E-state index in [-0.39, 0.29) is 10.8 Å². The maximum absolute atomic E-state index is 12.7. The van der Waals surface area contributed by atoms with Gasteiger partial charge in [0.2, 0.25) is 15.9 Å². The predicted octanol–water partition coefficient (Wildman–Crippen LogP) is 2.21. The molecule has 2 N–H and O–H groups in total. The van der Waals surface area contributed by atoms with Crippen molar-refractivity contribution in [2.45, 2.75) is 24.8 Å². The summed E-state index contributed by atoms with van der Waals surface area (Å²) in [5.74, 6) is -0.670. The maximum atomic E-state index is 12.7. The molecule has 8 nitrogen and oxygen atoms in total. The van der Waals surface area contributed by atoms with Crippen molar-refractivity contribution in [3.63, 3.8) is 0 Å². The van der Waals surface area contributed by atoms with Crippen molar-refractivity contribution in [3.05, 3.63) is 67.3 Å². The van der Waals surface area contributed by atoms with Crippen LogP contribution in [0.1, 0.15) is 13.8 Å². The molecule has 146 valence electrons. The highest BCUT2D eigenvalue weighted by atomic mass is 32.2. The highest BCUT2D eigenvalue weighted by Gasteiger charge is 2.28. The van der Waals surface area contributed by atoms with Gasteiger partial charge in [0.05, 0.1) is 10.6 Å². The van der Waals surface area contributed by atoms with Crippen LogP contribution in [0.3, 0.4) is 0 Å². The van der Waals surface area contributed by atoms with Crippen LogP contribution in [0.2, 0.25) is 0 Å². The van der Waals surface area contributed by atoms with Gasteiger partial charge in [-0.25, -0.2) is 18.1 Å². The van der Waals surface area contributed by atoms with Crippen molar-refractivity contribution < 1.29 is 13.2 Å². The molecular formula is C19H21N5O3S. The van der Waals surface area contributed by atoms with E-state index < -0.39 is 22.0 Å². The summed E-state index contributed by atoms with van der Waals surface area (Å²) in [6, 6.07) is 14.1. The molecule has 1 unspecified atom stereocenters. The minimum absolute atomic E-state index is 0.116. The zero-order valence-corrected chi connectivity index (χ0v) is 16.3. The van der Waals surface area contributed by atoms with Crippen molar-refractivity contribution in [1.82, 2.24) is 19.5 Å². The topological polar surface area (TPSA) is 106 Å². The smallest absolute Gasteiger partial charge is 0.242 e. The monoisotopic (exact) mass is 399 g/mol. The molecule has 0 saturated heterocycles. The number of nitrogens with one attached hydrogen (secondary N) is 2. The third kappa shape index (κ3) is 4.62. The van der Waals surface area contributed by atoms with Crippen molar-refractivity contribution in [3.8, 4) is 5.69 Å². The van der Waals surface area contributed by atoms with Crippen LogP contribution in [0.25, 0.3) is 5.69 Å². The zero-order valence-electron chi connectivity index (χ0n) is 15.5. The van der Waals surface area contributed by atoms with Crippen molar-refractivity contribution >= 4 is 21.6 Å². The number of carbonyl (C=O) groups is 1. The number of carbonyl (C=O) groups excluding carboxylic acids is 1. The number of benzene rings is 2. The van der Waals surface area contributed by atoms with E-state index in [0.717, 1.165) is 5.69 Å². The van der Waals surface area contributed by atoms with Crippen LogP contribution in [0, 0.1) is 5.92 Å². The van der Waals surface area contributed by atoms with E-state index in [4.69, 9.17) is 0 Å². The lowest BCUT2D eigenvalue weighted by Gasteiger charge is -2.21. The van der Waals surface area contributed by atoms with Crippen molar-refractivity contribution in [1.29, 1.82) is 0 Å². The van der Waals surface area contributed by atoms with Crippen LogP contribution in [0.5, 0.6) is 0 Å². The van der Waals surface area contributed by atoms with Gasteiger partial charge < -0.3 is 5.32 Å². The van der Waals surface area contributed by atoms with E-state index in [1.165, 1.54) is 18.5 Å². The van der Waals surface area contributed by atoms with Gasteiger partial charge in [-0.05, 0) is 42.3 Å². The molecule has 3 rings (SSSR count). The molecule has 9 heteroatoms. The average Bonchev–Trinajstić information content (AvgIpc) is 3.22. The summed E-state index contributed by atoms with van der Waals surface area (Å²) in [6.45, 7) is 3.57. The summed E-state index contributed by atoms with van der Waals surface area (Å²) < 4.78 is 29.2. The Hall–Kier alpha value is -3.04. The van der Waals surface area contributed by atoms with Gasteiger partial charge in [0.15, 0.2) is 0 Å². The molecule has 2 aromatic carbocycles. The molecule has 1 amide bonds. The predicted molar refractivity (Wildman–Crippen MR) is 105 cm³/mol. The second-order valence-corrected chi connectivity index (χ2v) is 8.25. The molecule has 3 aromatic rings. The molecule has 0 fully saturated rings. The first-order valence-corrected chi connectivity index (χ1v) is 10.2. The lowest BCUT2D eigenvalue weighted by molar-refractivity contribution is -0.118. The van der Waals surface area contributed by atoms with Gasteiger partial charge in [0, 0.05) is 5.69 Å². The Kier molecular flexibility index (Phi) is 5.86.